The normalized spacial score (nSPS) is 20.2. The van der Waals surface area contributed by atoms with Gasteiger partial charge in [0.15, 0.2) is 0 Å². The first-order chi connectivity index (χ1) is 8.88. The molecule has 3 N–H and O–H groups in total. The molecule has 6 heteroatoms. The number of carbonyl (C=O) groups is 2. The van der Waals surface area contributed by atoms with Crippen molar-refractivity contribution in [3.05, 3.63) is 12.3 Å². The molecule has 0 aromatic carbocycles. The van der Waals surface area contributed by atoms with E-state index in [1.807, 2.05) is 13.8 Å². The fourth-order valence-electron chi connectivity index (χ4n) is 2.29. The van der Waals surface area contributed by atoms with Crippen molar-refractivity contribution in [1.29, 1.82) is 0 Å². The van der Waals surface area contributed by atoms with Crippen molar-refractivity contribution in [3.8, 4) is 0 Å². The Morgan fingerprint density at radius 2 is 2.11 bits per heavy atom. The summed E-state index contributed by atoms with van der Waals surface area (Å²) in [6, 6.07) is -0.736. The summed E-state index contributed by atoms with van der Waals surface area (Å²) < 4.78 is 4.55. The van der Waals surface area contributed by atoms with Crippen molar-refractivity contribution in [2.75, 3.05) is 13.7 Å². The molecule has 0 spiro atoms. The van der Waals surface area contributed by atoms with Gasteiger partial charge in [-0.05, 0) is 18.8 Å². The van der Waals surface area contributed by atoms with E-state index in [-0.39, 0.29) is 17.9 Å². The van der Waals surface area contributed by atoms with Crippen LogP contribution in [-0.2, 0) is 9.53 Å². The van der Waals surface area contributed by atoms with Crippen molar-refractivity contribution >= 4 is 12.0 Å². The van der Waals surface area contributed by atoms with E-state index < -0.39 is 12.1 Å². The van der Waals surface area contributed by atoms with E-state index in [9.17, 15) is 9.59 Å². The highest BCUT2D eigenvalue weighted by molar-refractivity contribution is 5.86. The molecule has 1 heterocycles. The predicted octanol–water partition coefficient (Wildman–Crippen LogP) is 0.830. The molecule has 1 fully saturated rings. The molecule has 1 saturated heterocycles. The maximum absolute atomic E-state index is 12.5. The average molecular weight is 269 g/mol. The molecule has 0 saturated carbocycles. The van der Waals surface area contributed by atoms with Crippen LogP contribution in [0.3, 0.4) is 0 Å². The summed E-state index contributed by atoms with van der Waals surface area (Å²) in [6.45, 7) is 8.12. The van der Waals surface area contributed by atoms with Crippen LogP contribution in [0.4, 0.5) is 4.79 Å². The number of hydrogen-bond acceptors (Lipinski definition) is 4. The molecule has 1 rings (SSSR count). The summed E-state index contributed by atoms with van der Waals surface area (Å²) in [5, 5.41) is 2.58. The topological polar surface area (TPSA) is 84.7 Å². The van der Waals surface area contributed by atoms with E-state index in [0.717, 1.165) is 12.8 Å². The number of rotatable bonds is 4. The number of ether oxygens (including phenoxy) is 1. The highest BCUT2D eigenvalue weighted by atomic mass is 16.5. The van der Waals surface area contributed by atoms with Crippen LogP contribution < -0.4 is 11.1 Å². The monoisotopic (exact) mass is 269 g/mol. The Morgan fingerprint density at radius 3 is 2.58 bits per heavy atom. The Labute approximate surface area is 114 Å². The second-order valence-electron chi connectivity index (χ2n) is 5.12. The number of likely N-dealkylation sites (tertiary alicyclic amines) is 1. The maximum atomic E-state index is 12.5. The van der Waals surface area contributed by atoms with E-state index in [0.29, 0.717) is 12.2 Å². The zero-order valence-electron chi connectivity index (χ0n) is 11.8. The number of nitrogens with one attached hydrogen (secondary N) is 1. The second-order valence-corrected chi connectivity index (χ2v) is 5.12. The minimum atomic E-state index is -0.604. The van der Waals surface area contributed by atoms with Gasteiger partial charge < -0.3 is 20.7 Å². The van der Waals surface area contributed by atoms with Crippen LogP contribution in [0.15, 0.2) is 12.3 Å². The van der Waals surface area contributed by atoms with Crippen LogP contribution in [-0.4, -0.2) is 42.6 Å². The standard InChI is InChI=1S/C13H23N3O3/c1-8(2)11(15-13(18)19-4)12(17)16-7-5-6-10(16)9(3)14/h8,10-11H,3,5-7,14H2,1-2,4H3,(H,15,18)/t10-,11-/m0/s1. The lowest BCUT2D eigenvalue weighted by molar-refractivity contribution is -0.134. The predicted molar refractivity (Wildman–Crippen MR) is 72.2 cm³/mol. The third-order valence-corrected chi connectivity index (χ3v) is 3.36. The Kier molecular flexibility index (Phi) is 5.20. The minimum absolute atomic E-state index is 0.0288. The van der Waals surface area contributed by atoms with Gasteiger partial charge in [-0.3, -0.25) is 4.79 Å². The lowest BCUT2D eigenvalue weighted by atomic mass is 10.0. The van der Waals surface area contributed by atoms with Crippen molar-refractivity contribution in [1.82, 2.24) is 10.2 Å². The number of alkyl carbamates (subject to hydrolysis) is 1. The molecular weight excluding hydrogens is 246 g/mol. The number of carbonyl (C=O) groups excluding carboxylic acids is 2. The highest BCUT2D eigenvalue weighted by Gasteiger charge is 2.35. The molecule has 0 aromatic heterocycles. The summed E-state index contributed by atoms with van der Waals surface area (Å²) in [6.07, 6.45) is 1.12. The molecule has 0 radical (unpaired) electrons. The summed E-state index contributed by atoms with van der Waals surface area (Å²) in [5.74, 6) is -0.159. The first-order valence-corrected chi connectivity index (χ1v) is 6.47. The molecule has 0 aromatic rings. The molecule has 108 valence electrons. The van der Waals surface area contributed by atoms with E-state index in [4.69, 9.17) is 5.73 Å². The minimum Gasteiger partial charge on any atom is -0.453 e. The largest absolute Gasteiger partial charge is 0.453 e. The van der Waals surface area contributed by atoms with Crippen molar-refractivity contribution in [2.45, 2.75) is 38.8 Å². The third-order valence-electron chi connectivity index (χ3n) is 3.36. The highest BCUT2D eigenvalue weighted by Crippen LogP contribution is 2.22. The van der Waals surface area contributed by atoms with Crippen LogP contribution in [0.2, 0.25) is 0 Å². The van der Waals surface area contributed by atoms with Gasteiger partial charge >= 0.3 is 6.09 Å². The smallest absolute Gasteiger partial charge is 0.407 e. The zero-order chi connectivity index (χ0) is 14.6. The van der Waals surface area contributed by atoms with Gasteiger partial charge in [0.2, 0.25) is 5.91 Å². The lowest BCUT2D eigenvalue weighted by Gasteiger charge is -2.30. The fraction of sp³-hybridized carbons (Fsp3) is 0.692. The van der Waals surface area contributed by atoms with Crippen LogP contribution >= 0.6 is 0 Å². The summed E-state index contributed by atoms with van der Waals surface area (Å²) in [7, 11) is 1.28. The average Bonchev–Trinajstić information content (AvgIpc) is 2.83. The van der Waals surface area contributed by atoms with Gasteiger partial charge in [-0.15, -0.1) is 0 Å². The van der Waals surface area contributed by atoms with Crippen LogP contribution in [0.5, 0.6) is 0 Å². The van der Waals surface area contributed by atoms with Gasteiger partial charge in [0.25, 0.3) is 0 Å². The van der Waals surface area contributed by atoms with E-state index in [2.05, 4.69) is 16.6 Å². The third kappa shape index (κ3) is 3.62. The zero-order valence-corrected chi connectivity index (χ0v) is 11.8. The maximum Gasteiger partial charge on any atom is 0.407 e. The van der Waals surface area contributed by atoms with Gasteiger partial charge in [0, 0.05) is 12.2 Å². The summed E-state index contributed by atoms with van der Waals surface area (Å²) in [4.78, 5) is 25.5. The molecule has 2 atom stereocenters. The van der Waals surface area contributed by atoms with Crippen LogP contribution in [0.25, 0.3) is 0 Å². The second kappa shape index (κ2) is 6.45. The van der Waals surface area contributed by atoms with Gasteiger partial charge in [0.05, 0.1) is 13.2 Å². The summed E-state index contributed by atoms with van der Waals surface area (Å²) >= 11 is 0. The van der Waals surface area contributed by atoms with Gasteiger partial charge in [0.1, 0.15) is 6.04 Å². The molecule has 2 amide bonds. The first kappa shape index (κ1) is 15.3. The van der Waals surface area contributed by atoms with Gasteiger partial charge in [-0.25, -0.2) is 4.79 Å². The van der Waals surface area contributed by atoms with E-state index in [1.165, 1.54) is 7.11 Å². The molecule has 1 aliphatic rings. The van der Waals surface area contributed by atoms with E-state index in [1.54, 1.807) is 4.90 Å². The fourth-order valence-corrected chi connectivity index (χ4v) is 2.29. The molecule has 19 heavy (non-hydrogen) atoms. The molecule has 0 aliphatic carbocycles. The Hall–Kier alpha value is -1.72. The molecule has 0 unspecified atom stereocenters. The number of nitrogens with two attached hydrogens (primary N) is 1. The number of amides is 2. The van der Waals surface area contributed by atoms with Crippen LogP contribution in [0, 0.1) is 5.92 Å². The SMILES string of the molecule is C=C(N)[C@@H]1CCCN1C(=O)[C@@H](NC(=O)OC)C(C)C. The van der Waals surface area contributed by atoms with E-state index >= 15 is 0 Å². The van der Waals surface area contributed by atoms with Crippen molar-refractivity contribution < 1.29 is 14.3 Å². The van der Waals surface area contributed by atoms with Crippen molar-refractivity contribution in [2.24, 2.45) is 11.7 Å². The van der Waals surface area contributed by atoms with Crippen molar-refractivity contribution in [3.63, 3.8) is 0 Å². The Morgan fingerprint density at radius 1 is 1.47 bits per heavy atom. The molecule has 1 aliphatic heterocycles. The van der Waals surface area contributed by atoms with Gasteiger partial charge in [-0.2, -0.15) is 0 Å². The molecule has 6 nitrogen and oxygen atoms in total. The van der Waals surface area contributed by atoms with Gasteiger partial charge in [-0.1, -0.05) is 20.4 Å². The molecular formula is C13H23N3O3. The number of methoxy groups -OCH3 is 1. The Balaban J connectivity index is 2.81. The number of hydrogen-bond donors (Lipinski definition) is 2. The summed E-state index contributed by atoms with van der Waals surface area (Å²) in [5.41, 5.74) is 6.22. The number of nitrogens with zero attached hydrogens (tertiary/aromatic N) is 1. The quantitative estimate of drug-likeness (QED) is 0.791. The molecule has 0 bridgehead atoms. The van der Waals surface area contributed by atoms with Crippen LogP contribution in [0.1, 0.15) is 26.7 Å². The lowest BCUT2D eigenvalue weighted by Crippen LogP contribution is -2.53. The first-order valence-electron chi connectivity index (χ1n) is 6.47. The Bertz CT molecular complexity index is 368.